The van der Waals surface area contributed by atoms with E-state index in [0.29, 0.717) is 16.9 Å². The van der Waals surface area contributed by atoms with Crippen LogP contribution in [-0.4, -0.2) is 15.3 Å². The number of phenols is 1. The van der Waals surface area contributed by atoms with E-state index in [1.807, 2.05) is 0 Å². The van der Waals surface area contributed by atoms with Crippen LogP contribution in [0.25, 0.3) is 0 Å². The number of hydrogen-bond donors (Lipinski definition) is 1. The molecule has 2 aromatic rings. The SMILES string of the molecule is Cc1cc(O)cc(Oc2nnc(C(F)(F)F)s2)c1. The molecule has 1 aromatic carbocycles. The van der Waals surface area contributed by atoms with Crippen molar-refractivity contribution in [2.45, 2.75) is 13.1 Å². The Morgan fingerprint density at radius 3 is 2.50 bits per heavy atom. The van der Waals surface area contributed by atoms with Gasteiger partial charge in [-0.1, -0.05) is 16.4 Å². The summed E-state index contributed by atoms with van der Waals surface area (Å²) < 4.78 is 41.9. The van der Waals surface area contributed by atoms with E-state index in [9.17, 15) is 18.3 Å². The molecule has 18 heavy (non-hydrogen) atoms. The van der Waals surface area contributed by atoms with E-state index in [1.54, 1.807) is 13.0 Å². The predicted octanol–water partition coefficient (Wildman–Crippen LogP) is 3.36. The van der Waals surface area contributed by atoms with Crippen LogP contribution in [0.4, 0.5) is 13.2 Å². The summed E-state index contributed by atoms with van der Waals surface area (Å²) in [6.45, 7) is 1.72. The summed E-state index contributed by atoms with van der Waals surface area (Å²) in [4.78, 5) is 0. The number of halogens is 3. The summed E-state index contributed by atoms with van der Waals surface area (Å²) in [6.07, 6.45) is -4.53. The number of aryl methyl sites for hydroxylation is 1. The van der Waals surface area contributed by atoms with Gasteiger partial charge in [0, 0.05) is 6.07 Å². The van der Waals surface area contributed by atoms with Crippen LogP contribution in [0.1, 0.15) is 10.6 Å². The molecule has 0 aliphatic carbocycles. The molecule has 0 saturated heterocycles. The van der Waals surface area contributed by atoms with Gasteiger partial charge in [0.1, 0.15) is 11.5 Å². The van der Waals surface area contributed by atoms with Crippen LogP contribution in [0.2, 0.25) is 0 Å². The van der Waals surface area contributed by atoms with Gasteiger partial charge in [0.15, 0.2) is 0 Å². The van der Waals surface area contributed by atoms with E-state index in [0.717, 1.165) is 0 Å². The summed E-state index contributed by atoms with van der Waals surface area (Å²) in [5, 5.41) is 14.3. The summed E-state index contributed by atoms with van der Waals surface area (Å²) in [6, 6.07) is 4.34. The van der Waals surface area contributed by atoms with Crippen LogP contribution in [-0.2, 0) is 6.18 Å². The van der Waals surface area contributed by atoms with Gasteiger partial charge in [0.25, 0.3) is 5.19 Å². The molecule has 0 saturated carbocycles. The minimum absolute atomic E-state index is 0.0365. The van der Waals surface area contributed by atoms with Crippen molar-refractivity contribution in [2.24, 2.45) is 0 Å². The van der Waals surface area contributed by atoms with Gasteiger partial charge in [-0.3, -0.25) is 0 Å². The summed E-state index contributed by atoms with van der Waals surface area (Å²) in [5.74, 6) is 0.169. The van der Waals surface area contributed by atoms with Crippen molar-refractivity contribution in [3.63, 3.8) is 0 Å². The highest BCUT2D eigenvalue weighted by Crippen LogP contribution is 2.36. The zero-order valence-electron chi connectivity index (χ0n) is 9.02. The van der Waals surface area contributed by atoms with Gasteiger partial charge in [0.2, 0.25) is 5.01 Å². The van der Waals surface area contributed by atoms with Crippen molar-refractivity contribution in [3.05, 3.63) is 28.8 Å². The molecule has 0 radical (unpaired) electrons. The third kappa shape index (κ3) is 2.89. The smallest absolute Gasteiger partial charge is 0.445 e. The fraction of sp³-hybridized carbons (Fsp3) is 0.200. The minimum atomic E-state index is -4.53. The Labute approximate surface area is 104 Å². The summed E-state index contributed by atoms with van der Waals surface area (Å²) in [7, 11) is 0. The zero-order chi connectivity index (χ0) is 13.3. The van der Waals surface area contributed by atoms with Gasteiger partial charge in [-0.25, -0.2) is 0 Å². The van der Waals surface area contributed by atoms with Gasteiger partial charge in [-0.15, -0.1) is 5.10 Å². The molecule has 8 heteroatoms. The first-order valence-corrected chi connectivity index (χ1v) is 5.55. The lowest BCUT2D eigenvalue weighted by Crippen LogP contribution is -2.03. The number of nitrogens with zero attached hydrogens (tertiary/aromatic N) is 2. The van der Waals surface area contributed by atoms with Crippen molar-refractivity contribution in [3.8, 4) is 16.7 Å². The van der Waals surface area contributed by atoms with Crippen LogP contribution < -0.4 is 4.74 Å². The lowest BCUT2D eigenvalue weighted by Gasteiger charge is -2.03. The fourth-order valence-corrected chi connectivity index (χ4v) is 1.84. The molecule has 4 nitrogen and oxygen atoms in total. The van der Waals surface area contributed by atoms with E-state index in [2.05, 4.69) is 10.2 Å². The largest absolute Gasteiger partial charge is 0.508 e. The number of ether oxygens (including phenoxy) is 1. The Kier molecular flexibility index (Phi) is 3.12. The first kappa shape index (κ1) is 12.6. The highest BCUT2D eigenvalue weighted by Gasteiger charge is 2.36. The monoisotopic (exact) mass is 276 g/mol. The van der Waals surface area contributed by atoms with E-state index >= 15 is 0 Å². The number of alkyl halides is 3. The molecule has 2 rings (SSSR count). The molecule has 0 fully saturated rings. The van der Waals surface area contributed by atoms with E-state index in [-0.39, 0.29) is 16.7 Å². The Morgan fingerprint density at radius 2 is 1.94 bits per heavy atom. The maximum Gasteiger partial charge on any atom is 0.445 e. The molecule has 1 heterocycles. The van der Waals surface area contributed by atoms with Crippen molar-refractivity contribution >= 4 is 11.3 Å². The molecule has 0 unspecified atom stereocenters. The second kappa shape index (κ2) is 4.45. The number of aromatic nitrogens is 2. The summed E-state index contributed by atoms with van der Waals surface area (Å²) >= 11 is 0.295. The predicted molar refractivity (Wildman–Crippen MR) is 57.8 cm³/mol. The number of rotatable bonds is 2. The second-order valence-electron chi connectivity index (χ2n) is 3.48. The quantitative estimate of drug-likeness (QED) is 0.913. The van der Waals surface area contributed by atoms with Crippen molar-refractivity contribution in [1.29, 1.82) is 0 Å². The Hall–Kier alpha value is -1.83. The van der Waals surface area contributed by atoms with Gasteiger partial charge in [0.05, 0.1) is 0 Å². The molecule has 0 spiro atoms. The maximum absolute atomic E-state index is 12.3. The zero-order valence-corrected chi connectivity index (χ0v) is 9.84. The van der Waals surface area contributed by atoms with E-state index < -0.39 is 11.2 Å². The van der Waals surface area contributed by atoms with Crippen LogP contribution in [0, 0.1) is 6.92 Å². The maximum atomic E-state index is 12.3. The lowest BCUT2D eigenvalue weighted by molar-refractivity contribution is -0.138. The lowest BCUT2D eigenvalue weighted by atomic mass is 10.2. The number of hydrogen-bond acceptors (Lipinski definition) is 5. The molecular weight excluding hydrogens is 269 g/mol. The third-order valence-corrected chi connectivity index (χ3v) is 2.74. The number of aromatic hydroxyl groups is 1. The van der Waals surface area contributed by atoms with Gasteiger partial charge in [-0.2, -0.15) is 13.2 Å². The first-order valence-electron chi connectivity index (χ1n) is 4.74. The van der Waals surface area contributed by atoms with Gasteiger partial charge >= 0.3 is 6.18 Å². The van der Waals surface area contributed by atoms with Crippen molar-refractivity contribution in [2.75, 3.05) is 0 Å². The molecule has 0 amide bonds. The molecule has 96 valence electrons. The molecular formula is C10H7F3N2O2S. The molecule has 0 atom stereocenters. The average molecular weight is 276 g/mol. The number of phenolic OH excluding ortho intramolecular Hbond substituents is 1. The normalized spacial score (nSPS) is 11.6. The standard InChI is InChI=1S/C10H7F3N2O2S/c1-5-2-6(16)4-7(3-5)17-9-15-14-8(18-9)10(11,12)13/h2-4,16H,1H3. The average Bonchev–Trinajstić information content (AvgIpc) is 2.63. The van der Waals surface area contributed by atoms with Crippen molar-refractivity contribution < 1.29 is 23.0 Å². The van der Waals surface area contributed by atoms with Crippen molar-refractivity contribution in [1.82, 2.24) is 10.2 Å². The second-order valence-corrected chi connectivity index (χ2v) is 4.42. The van der Waals surface area contributed by atoms with Crippen LogP contribution in [0.15, 0.2) is 18.2 Å². The molecule has 1 N–H and O–H groups in total. The van der Waals surface area contributed by atoms with Crippen LogP contribution in [0.3, 0.4) is 0 Å². The fourth-order valence-electron chi connectivity index (χ4n) is 1.25. The van der Waals surface area contributed by atoms with Gasteiger partial charge < -0.3 is 9.84 Å². The first-order chi connectivity index (χ1) is 8.34. The van der Waals surface area contributed by atoms with Gasteiger partial charge in [-0.05, 0) is 24.6 Å². The molecule has 1 aromatic heterocycles. The summed E-state index contributed by atoms with van der Waals surface area (Å²) in [5.41, 5.74) is 0.713. The van der Waals surface area contributed by atoms with Crippen LogP contribution >= 0.6 is 11.3 Å². The molecule has 0 aliphatic heterocycles. The van der Waals surface area contributed by atoms with Crippen LogP contribution in [0.5, 0.6) is 16.7 Å². The highest BCUT2D eigenvalue weighted by molar-refractivity contribution is 7.13. The Bertz CT molecular complexity index is 548. The molecule has 0 bridgehead atoms. The minimum Gasteiger partial charge on any atom is -0.508 e. The Morgan fingerprint density at radius 1 is 1.22 bits per heavy atom. The third-order valence-electron chi connectivity index (χ3n) is 1.89. The highest BCUT2D eigenvalue weighted by atomic mass is 32.1. The molecule has 0 aliphatic rings. The topological polar surface area (TPSA) is 55.2 Å². The van der Waals surface area contributed by atoms with E-state index in [4.69, 9.17) is 4.74 Å². The van der Waals surface area contributed by atoms with E-state index in [1.165, 1.54) is 12.1 Å². The number of benzene rings is 1. The Balaban J connectivity index is 2.21.